The largest absolute Gasteiger partial charge is 0.478 e. The van der Waals surface area contributed by atoms with Crippen molar-refractivity contribution >= 4 is 29.3 Å². The van der Waals surface area contributed by atoms with Crippen LogP contribution >= 0.6 is 11.6 Å². The van der Waals surface area contributed by atoms with Gasteiger partial charge in [-0.05, 0) is 38.1 Å². The van der Waals surface area contributed by atoms with Gasteiger partial charge in [-0.2, -0.15) is 0 Å². The molecule has 1 saturated heterocycles. The molecule has 3 N–H and O–H groups in total. The van der Waals surface area contributed by atoms with Gasteiger partial charge in [-0.15, -0.1) is 0 Å². The molecule has 1 atom stereocenters. The van der Waals surface area contributed by atoms with Gasteiger partial charge < -0.3 is 19.8 Å². The van der Waals surface area contributed by atoms with E-state index in [0.717, 1.165) is 25.9 Å². The molecular formula is C18H22ClN3O5. The van der Waals surface area contributed by atoms with Crippen LogP contribution in [0.5, 0.6) is 0 Å². The lowest BCUT2D eigenvalue weighted by atomic mass is 10.0. The van der Waals surface area contributed by atoms with Crippen molar-refractivity contribution in [1.82, 2.24) is 9.88 Å². The molecule has 0 aliphatic carbocycles. The highest BCUT2D eigenvalue weighted by molar-refractivity contribution is 6.47. The number of nitrogens with zero attached hydrogens (tertiary/aromatic N) is 2. The number of aliphatic carboxylic acids is 1. The second kappa shape index (κ2) is 10.1. The molecule has 0 saturated carbocycles. The first-order chi connectivity index (χ1) is 12.9. The van der Waals surface area contributed by atoms with Crippen LogP contribution in [-0.4, -0.2) is 70.1 Å². The van der Waals surface area contributed by atoms with Crippen LogP contribution in [0.1, 0.15) is 24.8 Å². The number of aromatic nitrogens is 1. The number of rotatable bonds is 8. The fraction of sp³-hybridized carbons (Fsp3) is 0.444. The van der Waals surface area contributed by atoms with Crippen LogP contribution < -0.4 is 0 Å². The van der Waals surface area contributed by atoms with Crippen molar-refractivity contribution in [2.45, 2.75) is 25.4 Å². The van der Waals surface area contributed by atoms with E-state index in [2.05, 4.69) is 9.88 Å². The standard InChI is InChI=1S/C18H22ClN3O5/c19-15(14(17(24)25)16(20)12-5-4-6-21-9-12)18(26)27-11-13(23)10-22-7-2-1-3-8-22/h4-6,9,13,20,23H,1-3,7-8,10-11H2,(H,24,25)/b15-14+,20-16?. The number of pyridine rings is 1. The summed E-state index contributed by atoms with van der Waals surface area (Å²) in [5.41, 5.74) is -0.933. The molecule has 2 heterocycles. The monoisotopic (exact) mass is 395 g/mol. The SMILES string of the molecule is N=C(/C(C(=O)O)=C(\Cl)C(=O)OCC(O)CN1CCCCC1)c1cccnc1. The first-order valence-corrected chi connectivity index (χ1v) is 8.98. The third-order valence-corrected chi connectivity index (χ3v) is 4.48. The minimum absolute atomic E-state index is 0.200. The predicted octanol–water partition coefficient (Wildman–Crippen LogP) is 1.42. The van der Waals surface area contributed by atoms with Gasteiger partial charge in [0, 0.05) is 24.5 Å². The lowest BCUT2D eigenvalue weighted by Gasteiger charge is -2.28. The van der Waals surface area contributed by atoms with Crippen molar-refractivity contribution in [3.05, 3.63) is 40.7 Å². The van der Waals surface area contributed by atoms with Gasteiger partial charge in [0.05, 0.1) is 5.71 Å². The molecule has 2 rings (SSSR count). The highest BCUT2D eigenvalue weighted by Crippen LogP contribution is 2.18. The van der Waals surface area contributed by atoms with Crippen molar-refractivity contribution in [2.24, 2.45) is 0 Å². The van der Waals surface area contributed by atoms with E-state index in [0.29, 0.717) is 6.54 Å². The maximum atomic E-state index is 12.1. The molecule has 0 amide bonds. The maximum absolute atomic E-state index is 12.1. The molecule has 1 fully saturated rings. The number of piperidine rings is 1. The summed E-state index contributed by atoms with van der Waals surface area (Å²) in [5.74, 6) is -2.62. The van der Waals surface area contributed by atoms with E-state index in [4.69, 9.17) is 21.7 Å². The van der Waals surface area contributed by atoms with Crippen molar-refractivity contribution in [3.8, 4) is 0 Å². The van der Waals surface area contributed by atoms with Crippen LogP contribution in [0.2, 0.25) is 0 Å². The van der Waals surface area contributed by atoms with Crippen molar-refractivity contribution < 1.29 is 24.5 Å². The number of aliphatic hydroxyl groups excluding tert-OH is 1. The summed E-state index contributed by atoms with van der Waals surface area (Å²) in [6, 6.07) is 3.02. The third kappa shape index (κ3) is 6.13. The normalized spacial score (nSPS) is 17.0. The summed E-state index contributed by atoms with van der Waals surface area (Å²) in [6.45, 7) is 1.83. The first-order valence-electron chi connectivity index (χ1n) is 8.60. The Hall–Kier alpha value is -2.29. The Balaban J connectivity index is 2.00. The average Bonchev–Trinajstić information content (AvgIpc) is 2.67. The number of carbonyl (C=O) groups is 2. The molecule has 1 aromatic rings. The summed E-state index contributed by atoms with van der Waals surface area (Å²) in [5, 5.41) is 26.7. The second-order valence-electron chi connectivity index (χ2n) is 6.22. The minimum atomic E-state index is -1.53. The number of hydrogen-bond donors (Lipinski definition) is 3. The first kappa shape index (κ1) is 21.0. The fourth-order valence-corrected chi connectivity index (χ4v) is 3.03. The minimum Gasteiger partial charge on any atom is -0.478 e. The van der Waals surface area contributed by atoms with Gasteiger partial charge in [0.15, 0.2) is 0 Å². The zero-order valence-corrected chi connectivity index (χ0v) is 15.5. The number of carboxylic acids is 1. The quantitative estimate of drug-likeness (QED) is 0.345. The van der Waals surface area contributed by atoms with Crippen LogP contribution in [0.4, 0.5) is 0 Å². The maximum Gasteiger partial charge on any atom is 0.350 e. The van der Waals surface area contributed by atoms with E-state index < -0.39 is 34.4 Å². The van der Waals surface area contributed by atoms with Crippen LogP contribution in [0.25, 0.3) is 0 Å². The number of carboxylic acid groups (broad SMARTS) is 1. The summed E-state index contributed by atoms with van der Waals surface area (Å²) in [6.07, 6.45) is 5.17. The number of β-amino-alcohol motifs (C(OH)–C–C–N with tert-alkyl or cyclic N) is 1. The second-order valence-corrected chi connectivity index (χ2v) is 6.60. The zero-order chi connectivity index (χ0) is 19.8. The molecule has 146 valence electrons. The molecule has 0 aromatic carbocycles. The molecule has 1 unspecified atom stereocenters. The molecule has 8 nitrogen and oxygen atoms in total. The van der Waals surface area contributed by atoms with Crippen molar-refractivity contribution in [3.63, 3.8) is 0 Å². The molecule has 27 heavy (non-hydrogen) atoms. The fourth-order valence-electron chi connectivity index (χ4n) is 2.80. The number of esters is 1. The number of likely N-dealkylation sites (tertiary alicyclic amines) is 1. The van der Waals surface area contributed by atoms with E-state index >= 15 is 0 Å². The molecule has 0 spiro atoms. The van der Waals surface area contributed by atoms with Gasteiger partial charge in [0.1, 0.15) is 23.3 Å². The number of nitrogens with one attached hydrogen (secondary N) is 1. The number of halogens is 1. The Morgan fingerprint density at radius 3 is 2.63 bits per heavy atom. The summed E-state index contributed by atoms with van der Waals surface area (Å²) < 4.78 is 4.94. The smallest absolute Gasteiger partial charge is 0.350 e. The van der Waals surface area contributed by atoms with Gasteiger partial charge in [0.25, 0.3) is 0 Å². The van der Waals surface area contributed by atoms with E-state index in [-0.39, 0.29) is 12.2 Å². The Bertz CT molecular complexity index is 717. The topological polar surface area (TPSA) is 124 Å². The summed E-state index contributed by atoms with van der Waals surface area (Å²) in [7, 11) is 0. The predicted molar refractivity (Wildman–Crippen MR) is 98.8 cm³/mol. The highest BCUT2D eigenvalue weighted by atomic mass is 35.5. The molecule has 1 aliphatic rings. The number of carbonyl (C=O) groups excluding carboxylic acids is 1. The Morgan fingerprint density at radius 1 is 1.33 bits per heavy atom. The van der Waals surface area contributed by atoms with Crippen molar-refractivity contribution in [2.75, 3.05) is 26.2 Å². The van der Waals surface area contributed by atoms with Crippen LogP contribution in [-0.2, 0) is 14.3 Å². The van der Waals surface area contributed by atoms with Crippen LogP contribution in [0.3, 0.4) is 0 Å². The van der Waals surface area contributed by atoms with Gasteiger partial charge in [-0.3, -0.25) is 10.4 Å². The van der Waals surface area contributed by atoms with Gasteiger partial charge in [0.2, 0.25) is 0 Å². The molecular weight excluding hydrogens is 374 g/mol. The summed E-state index contributed by atoms with van der Waals surface area (Å²) >= 11 is 5.88. The Labute approximate surface area is 161 Å². The lowest BCUT2D eigenvalue weighted by Crippen LogP contribution is -2.38. The molecule has 9 heteroatoms. The Morgan fingerprint density at radius 2 is 2.04 bits per heavy atom. The molecule has 1 aliphatic heterocycles. The van der Waals surface area contributed by atoms with Crippen molar-refractivity contribution in [1.29, 1.82) is 5.41 Å². The lowest BCUT2D eigenvalue weighted by molar-refractivity contribution is -0.142. The highest BCUT2D eigenvalue weighted by Gasteiger charge is 2.26. The van der Waals surface area contributed by atoms with E-state index in [1.54, 1.807) is 0 Å². The van der Waals surface area contributed by atoms with Gasteiger partial charge in [-0.25, -0.2) is 9.59 Å². The van der Waals surface area contributed by atoms with Crippen LogP contribution in [0.15, 0.2) is 35.1 Å². The zero-order valence-electron chi connectivity index (χ0n) is 14.7. The molecule has 1 aromatic heterocycles. The number of hydrogen-bond acceptors (Lipinski definition) is 7. The Kier molecular flexibility index (Phi) is 7.90. The average molecular weight is 396 g/mol. The van der Waals surface area contributed by atoms with E-state index in [1.165, 1.54) is 30.9 Å². The summed E-state index contributed by atoms with van der Waals surface area (Å²) in [4.78, 5) is 29.5. The van der Waals surface area contributed by atoms with Gasteiger partial charge >= 0.3 is 11.9 Å². The van der Waals surface area contributed by atoms with E-state index in [9.17, 15) is 19.8 Å². The third-order valence-electron chi connectivity index (χ3n) is 4.14. The van der Waals surface area contributed by atoms with Gasteiger partial charge in [-0.1, -0.05) is 18.0 Å². The number of aliphatic hydroxyl groups is 1. The number of ether oxygens (including phenoxy) is 1. The molecule has 0 radical (unpaired) electrons. The van der Waals surface area contributed by atoms with E-state index in [1.807, 2.05) is 0 Å². The molecule has 0 bridgehead atoms. The van der Waals surface area contributed by atoms with Crippen LogP contribution in [0, 0.1) is 5.41 Å².